The van der Waals surface area contributed by atoms with Gasteiger partial charge in [0.05, 0.1) is 0 Å². The average Bonchev–Trinajstić information content (AvgIpc) is 2.55. The summed E-state index contributed by atoms with van der Waals surface area (Å²) in [5.41, 5.74) is 0.534. The van der Waals surface area contributed by atoms with Crippen LogP contribution in [0.2, 0.25) is 0 Å². The Hall–Kier alpha value is -1.52. The lowest BCUT2D eigenvalue weighted by atomic mass is 9.77. The van der Waals surface area contributed by atoms with Gasteiger partial charge in [0.25, 0.3) is 0 Å². The summed E-state index contributed by atoms with van der Waals surface area (Å²) in [5, 5.41) is 0. The number of ether oxygens (including phenoxy) is 1. The number of benzene rings is 1. The highest BCUT2D eigenvalue weighted by Gasteiger charge is 2.24. The zero-order chi connectivity index (χ0) is 17.5. The quantitative estimate of drug-likeness (QED) is 0.401. The summed E-state index contributed by atoms with van der Waals surface area (Å²) in [6.45, 7) is -1.10. The van der Waals surface area contributed by atoms with E-state index in [0.717, 1.165) is 57.1 Å². The molecule has 0 aliphatic heterocycles. The van der Waals surface area contributed by atoms with Gasteiger partial charge in [-0.3, -0.25) is 0 Å². The van der Waals surface area contributed by atoms with Crippen LogP contribution in [0.3, 0.4) is 0 Å². The first-order valence-corrected chi connectivity index (χ1v) is 8.60. The lowest BCUT2D eigenvalue weighted by Gasteiger charge is -2.28. The molecule has 1 aromatic carbocycles. The van der Waals surface area contributed by atoms with Crippen LogP contribution in [0.15, 0.2) is 24.3 Å². The van der Waals surface area contributed by atoms with Gasteiger partial charge < -0.3 is 4.74 Å². The summed E-state index contributed by atoms with van der Waals surface area (Å²) in [7, 11) is 0. The van der Waals surface area contributed by atoms with E-state index in [9.17, 15) is 17.6 Å². The molecule has 0 N–H and O–H groups in total. The van der Waals surface area contributed by atoms with Crippen LogP contribution in [0.1, 0.15) is 63.4 Å². The van der Waals surface area contributed by atoms with Crippen LogP contribution < -0.4 is 4.74 Å². The Bertz CT molecular complexity index is 525. The number of rotatable bonds is 7. The first-order chi connectivity index (χ1) is 11.5. The van der Waals surface area contributed by atoms with Gasteiger partial charge >= 0.3 is 6.61 Å². The topological polar surface area (TPSA) is 9.23 Å². The van der Waals surface area contributed by atoms with Crippen molar-refractivity contribution in [3.8, 4) is 5.75 Å². The van der Waals surface area contributed by atoms with Crippen LogP contribution in [0.4, 0.5) is 17.6 Å². The van der Waals surface area contributed by atoms with E-state index in [0.29, 0.717) is 11.5 Å². The molecule has 2 rings (SSSR count). The molecule has 134 valence electrons. The van der Waals surface area contributed by atoms with Crippen molar-refractivity contribution in [2.24, 2.45) is 5.92 Å². The average molecular weight is 344 g/mol. The van der Waals surface area contributed by atoms with Crippen LogP contribution >= 0.6 is 0 Å². The number of hydrogen-bond donors (Lipinski definition) is 0. The van der Waals surface area contributed by atoms with Crippen molar-refractivity contribution >= 4 is 0 Å². The molecule has 0 amide bonds. The molecule has 0 heterocycles. The zero-order valence-electron chi connectivity index (χ0n) is 13.9. The predicted octanol–water partition coefficient (Wildman–Crippen LogP) is 6.59. The summed E-state index contributed by atoms with van der Waals surface area (Å²) in [4.78, 5) is 0. The maximum Gasteiger partial charge on any atom is 0.387 e. The van der Waals surface area contributed by atoms with Crippen molar-refractivity contribution in [1.82, 2.24) is 0 Å². The fourth-order valence-corrected chi connectivity index (χ4v) is 3.32. The molecule has 24 heavy (non-hydrogen) atoms. The Morgan fingerprint density at radius 3 is 2.25 bits per heavy atom. The fourth-order valence-electron chi connectivity index (χ4n) is 3.32. The van der Waals surface area contributed by atoms with Gasteiger partial charge in [-0.15, -0.1) is 0 Å². The van der Waals surface area contributed by atoms with Gasteiger partial charge in [0.15, 0.2) is 17.4 Å². The molecular weight excluding hydrogens is 320 g/mol. The fraction of sp³-hybridized carbons (Fsp3) is 0.579. The van der Waals surface area contributed by atoms with E-state index in [1.807, 2.05) is 0 Å². The number of hydrogen-bond acceptors (Lipinski definition) is 1. The summed E-state index contributed by atoms with van der Waals surface area (Å²) in [6.07, 6.45) is 11.5. The Morgan fingerprint density at radius 1 is 1.08 bits per heavy atom. The van der Waals surface area contributed by atoms with Crippen molar-refractivity contribution in [3.63, 3.8) is 0 Å². The molecule has 1 aliphatic rings. The molecule has 0 aromatic heterocycles. The number of alkyl halides is 2. The summed E-state index contributed by atoms with van der Waals surface area (Å²) >= 11 is 0. The second kappa shape index (κ2) is 9.09. The molecule has 1 saturated carbocycles. The van der Waals surface area contributed by atoms with Crippen molar-refractivity contribution in [2.75, 3.05) is 0 Å². The Morgan fingerprint density at radius 2 is 1.71 bits per heavy atom. The summed E-state index contributed by atoms with van der Waals surface area (Å²) in [6, 6.07) is 2.26. The second-order valence-electron chi connectivity index (χ2n) is 6.41. The first-order valence-electron chi connectivity index (χ1n) is 8.60. The normalized spacial score (nSPS) is 21.6. The Labute approximate surface area is 140 Å². The minimum atomic E-state index is -3.24. The molecular formula is C19H24F4O. The van der Waals surface area contributed by atoms with E-state index in [-0.39, 0.29) is 5.92 Å². The highest BCUT2D eigenvalue weighted by Crippen LogP contribution is 2.39. The molecule has 1 nitrogen and oxygen atoms in total. The van der Waals surface area contributed by atoms with E-state index < -0.39 is 24.0 Å². The van der Waals surface area contributed by atoms with Gasteiger partial charge in [-0.1, -0.05) is 25.5 Å². The van der Waals surface area contributed by atoms with Crippen molar-refractivity contribution < 1.29 is 22.3 Å². The molecule has 0 bridgehead atoms. The number of unbranched alkanes of at least 4 members (excludes halogenated alkanes) is 1. The zero-order valence-corrected chi connectivity index (χ0v) is 13.9. The van der Waals surface area contributed by atoms with Crippen molar-refractivity contribution in [2.45, 2.75) is 64.4 Å². The molecule has 1 fully saturated rings. The van der Waals surface area contributed by atoms with Crippen LogP contribution in [0.5, 0.6) is 5.75 Å². The largest absolute Gasteiger partial charge is 0.429 e. The minimum absolute atomic E-state index is 0.0745. The monoisotopic (exact) mass is 344 g/mol. The van der Waals surface area contributed by atoms with E-state index in [4.69, 9.17) is 0 Å². The molecule has 1 aliphatic carbocycles. The number of halogens is 4. The maximum absolute atomic E-state index is 13.8. The molecule has 5 heteroatoms. The molecule has 0 atom stereocenters. The highest BCUT2D eigenvalue weighted by molar-refractivity contribution is 5.33. The minimum Gasteiger partial charge on any atom is -0.429 e. The first kappa shape index (κ1) is 18.8. The van der Waals surface area contributed by atoms with Crippen LogP contribution in [-0.2, 0) is 0 Å². The highest BCUT2D eigenvalue weighted by atomic mass is 19.3. The lowest BCUT2D eigenvalue weighted by Crippen LogP contribution is -2.14. The third-order valence-electron chi connectivity index (χ3n) is 4.64. The van der Waals surface area contributed by atoms with Crippen molar-refractivity contribution in [1.29, 1.82) is 0 Å². The standard InChI is InChI=1S/C19H24F4O/c1-2-3-4-5-6-13-7-9-14(10-8-13)15-11-16(20)18(17(21)12-15)24-19(22)23/h4-5,11-14,19H,2-3,6-10H2,1H3/b5-4+/t13-,14-. The SMILES string of the molecule is CCC/C=C/C[C@H]1CC[C@H](c2cc(F)c(OC(F)F)c(F)c2)CC1. The predicted molar refractivity (Wildman–Crippen MR) is 86.4 cm³/mol. The van der Waals surface area contributed by atoms with Crippen LogP contribution in [-0.4, -0.2) is 6.61 Å². The third-order valence-corrected chi connectivity index (χ3v) is 4.64. The van der Waals surface area contributed by atoms with Gasteiger partial charge in [0.2, 0.25) is 0 Å². The summed E-state index contributed by atoms with van der Waals surface area (Å²) < 4.78 is 55.9. The van der Waals surface area contributed by atoms with Gasteiger partial charge in [-0.25, -0.2) is 8.78 Å². The van der Waals surface area contributed by atoms with Gasteiger partial charge in [-0.2, -0.15) is 8.78 Å². The maximum atomic E-state index is 13.8. The van der Waals surface area contributed by atoms with Crippen LogP contribution in [0, 0.1) is 17.6 Å². The Balaban J connectivity index is 1.94. The van der Waals surface area contributed by atoms with Crippen LogP contribution in [0.25, 0.3) is 0 Å². The van der Waals surface area contributed by atoms with E-state index in [2.05, 4.69) is 23.8 Å². The molecule has 0 unspecified atom stereocenters. The molecule has 0 radical (unpaired) electrons. The molecule has 1 aromatic rings. The van der Waals surface area contributed by atoms with E-state index in [1.54, 1.807) is 0 Å². The van der Waals surface area contributed by atoms with E-state index in [1.165, 1.54) is 0 Å². The van der Waals surface area contributed by atoms with E-state index >= 15 is 0 Å². The lowest BCUT2D eigenvalue weighted by molar-refractivity contribution is -0.0546. The summed E-state index contributed by atoms with van der Waals surface area (Å²) in [5.74, 6) is -2.43. The Kier molecular flexibility index (Phi) is 7.13. The third kappa shape index (κ3) is 5.25. The number of allylic oxidation sites excluding steroid dienone is 2. The van der Waals surface area contributed by atoms with Gasteiger partial charge in [0, 0.05) is 0 Å². The smallest absolute Gasteiger partial charge is 0.387 e. The van der Waals surface area contributed by atoms with Gasteiger partial charge in [0.1, 0.15) is 0 Å². The second-order valence-corrected chi connectivity index (χ2v) is 6.41. The van der Waals surface area contributed by atoms with Crippen molar-refractivity contribution in [3.05, 3.63) is 41.5 Å². The molecule has 0 saturated heterocycles. The molecule has 0 spiro atoms. The van der Waals surface area contributed by atoms with Gasteiger partial charge in [-0.05, 0) is 68.1 Å².